The molecule has 18 heavy (non-hydrogen) atoms. The lowest BCUT2D eigenvalue weighted by Gasteiger charge is -2.43. The Balaban J connectivity index is 2.05. The van der Waals surface area contributed by atoms with Crippen LogP contribution >= 0.6 is 0 Å². The van der Waals surface area contributed by atoms with Gasteiger partial charge in [0.2, 0.25) is 5.91 Å². The summed E-state index contributed by atoms with van der Waals surface area (Å²) in [4.78, 5) is 16.3. The third-order valence-electron chi connectivity index (χ3n) is 3.94. The molecule has 2 saturated heterocycles. The maximum Gasteiger partial charge on any atom is 0.240 e. The normalized spacial score (nSPS) is 34.3. The topological polar surface area (TPSA) is 44.8 Å². The number of amides is 1. The van der Waals surface area contributed by atoms with E-state index >= 15 is 0 Å². The zero-order chi connectivity index (χ0) is 13.1. The highest BCUT2D eigenvalue weighted by molar-refractivity contribution is 5.81. The summed E-state index contributed by atoms with van der Waals surface area (Å²) >= 11 is 0. The summed E-state index contributed by atoms with van der Waals surface area (Å²) in [5, 5.41) is 3.33. The Morgan fingerprint density at radius 2 is 2.22 bits per heavy atom. The van der Waals surface area contributed by atoms with Crippen molar-refractivity contribution in [3.05, 3.63) is 0 Å². The van der Waals surface area contributed by atoms with Gasteiger partial charge in [0.25, 0.3) is 0 Å². The van der Waals surface area contributed by atoms with Gasteiger partial charge in [-0.2, -0.15) is 0 Å². The van der Waals surface area contributed by atoms with Gasteiger partial charge in [0.15, 0.2) is 0 Å². The van der Waals surface area contributed by atoms with Crippen LogP contribution in [0.15, 0.2) is 0 Å². The molecule has 0 aromatic carbocycles. The Morgan fingerprint density at radius 1 is 1.44 bits per heavy atom. The average Bonchev–Trinajstić information content (AvgIpc) is 2.38. The number of nitrogens with one attached hydrogen (secondary N) is 1. The first-order valence-electron chi connectivity index (χ1n) is 6.89. The lowest BCUT2D eigenvalue weighted by molar-refractivity contribution is -0.138. The molecular weight excluding hydrogens is 230 g/mol. The minimum absolute atomic E-state index is 0.0101. The summed E-state index contributed by atoms with van der Waals surface area (Å²) in [7, 11) is 3.67. The second-order valence-electron chi connectivity index (χ2n) is 5.55. The molecule has 2 heterocycles. The Hall–Kier alpha value is -0.650. The van der Waals surface area contributed by atoms with Crippen molar-refractivity contribution in [2.24, 2.45) is 0 Å². The Morgan fingerprint density at radius 3 is 2.89 bits per heavy atom. The number of nitrogens with zero attached hydrogens (tertiary/aromatic N) is 2. The average molecular weight is 255 g/mol. The van der Waals surface area contributed by atoms with Crippen LogP contribution in [0.3, 0.4) is 0 Å². The fourth-order valence-electron chi connectivity index (χ4n) is 2.96. The molecule has 0 aromatic heterocycles. The van der Waals surface area contributed by atoms with Gasteiger partial charge < -0.3 is 15.0 Å². The van der Waals surface area contributed by atoms with Crippen LogP contribution in [0.5, 0.6) is 0 Å². The van der Waals surface area contributed by atoms with Gasteiger partial charge in [-0.05, 0) is 19.8 Å². The largest absolute Gasteiger partial charge is 0.378 e. The number of rotatable bonds is 2. The van der Waals surface area contributed by atoms with Crippen molar-refractivity contribution in [1.82, 2.24) is 15.1 Å². The van der Waals surface area contributed by atoms with Crippen molar-refractivity contribution in [3.8, 4) is 0 Å². The smallest absolute Gasteiger partial charge is 0.240 e. The molecule has 2 rings (SSSR count). The van der Waals surface area contributed by atoms with E-state index in [1.165, 1.54) is 0 Å². The van der Waals surface area contributed by atoms with Gasteiger partial charge in [0, 0.05) is 46.4 Å². The van der Waals surface area contributed by atoms with Crippen LogP contribution in [0, 0.1) is 0 Å². The maximum absolute atomic E-state index is 12.2. The number of piperazine rings is 1. The molecule has 2 aliphatic rings. The second kappa shape index (κ2) is 5.99. The molecule has 1 N–H and O–H groups in total. The van der Waals surface area contributed by atoms with Crippen LogP contribution in [0.1, 0.15) is 19.8 Å². The highest BCUT2D eigenvalue weighted by Gasteiger charge is 2.36. The molecule has 5 heteroatoms. The SMILES string of the molecule is CC1CC(N2CCNCC2C(=O)N(C)C)CCO1. The monoisotopic (exact) mass is 255 g/mol. The summed E-state index contributed by atoms with van der Waals surface area (Å²) in [6.45, 7) is 5.64. The molecule has 2 fully saturated rings. The molecule has 0 radical (unpaired) electrons. The van der Waals surface area contributed by atoms with Crippen LogP contribution in [0.25, 0.3) is 0 Å². The van der Waals surface area contributed by atoms with Crippen molar-refractivity contribution >= 4 is 5.91 Å². The van der Waals surface area contributed by atoms with E-state index in [9.17, 15) is 4.79 Å². The first-order valence-corrected chi connectivity index (χ1v) is 6.89. The zero-order valence-corrected chi connectivity index (χ0v) is 11.7. The number of carbonyl (C=O) groups excluding carboxylic acids is 1. The third kappa shape index (κ3) is 3.02. The van der Waals surface area contributed by atoms with Crippen molar-refractivity contribution in [2.75, 3.05) is 40.3 Å². The molecule has 0 saturated carbocycles. The molecule has 0 aliphatic carbocycles. The van der Waals surface area contributed by atoms with E-state index in [1.54, 1.807) is 4.90 Å². The van der Waals surface area contributed by atoms with Gasteiger partial charge in [0.05, 0.1) is 6.10 Å². The third-order valence-corrected chi connectivity index (χ3v) is 3.94. The molecule has 1 amide bonds. The van der Waals surface area contributed by atoms with Gasteiger partial charge >= 0.3 is 0 Å². The zero-order valence-electron chi connectivity index (χ0n) is 11.7. The van der Waals surface area contributed by atoms with E-state index < -0.39 is 0 Å². The van der Waals surface area contributed by atoms with Gasteiger partial charge in [-0.1, -0.05) is 0 Å². The second-order valence-corrected chi connectivity index (χ2v) is 5.55. The number of likely N-dealkylation sites (N-methyl/N-ethyl adjacent to an activating group) is 1. The fourth-order valence-corrected chi connectivity index (χ4v) is 2.96. The summed E-state index contributed by atoms with van der Waals surface area (Å²) in [6.07, 6.45) is 2.40. The van der Waals surface area contributed by atoms with Crippen molar-refractivity contribution in [1.29, 1.82) is 0 Å². The van der Waals surface area contributed by atoms with E-state index in [1.807, 2.05) is 14.1 Å². The molecule has 3 unspecified atom stereocenters. The molecule has 2 aliphatic heterocycles. The summed E-state index contributed by atoms with van der Waals surface area (Å²) in [5.74, 6) is 0.210. The first kappa shape index (κ1) is 13.8. The van der Waals surface area contributed by atoms with Gasteiger partial charge in [-0.15, -0.1) is 0 Å². The van der Waals surface area contributed by atoms with E-state index in [0.717, 1.165) is 39.1 Å². The van der Waals surface area contributed by atoms with E-state index in [2.05, 4.69) is 17.1 Å². The predicted octanol–water partition coefficient (Wildman–Crippen LogP) is -0.0841. The quantitative estimate of drug-likeness (QED) is 0.749. The van der Waals surface area contributed by atoms with E-state index in [0.29, 0.717) is 12.1 Å². The Kier molecular flexibility index (Phi) is 4.59. The van der Waals surface area contributed by atoms with Crippen molar-refractivity contribution < 1.29 is 9.53 Å². The summed E-state index contributed by atoms with van der Waals surface area (Å²) in [5.41, 5.74) is 0. The minimum atomic E-state index is -0.0101. The summed E-state index contributed by atoms with van der Waals surface area (Å²) in [6, 6.07) is 0.480. The standard InChI is InChI=1S/C13H25N3O2/c1-10-8-11(4-7-18-10)16-6-5-14-9-12(16)13(17)15(2)3/h10-12,14H,4-9H2,1-3H3. The minimum Gasteiger partial charge on any atom is -0.378 e. The number of ether oxygens (including phenoxy) is 1. The number of carbonyl (C=O) groups is 1. The number of hydrogen-bond donors (Lipinski definition) is 1. The first-order chi connectivity index (χ1) is 8.59. The lowest BCUT2D eigenvalue weighted by atomic mass is 9.99. The highest BCUT2D eigenvalue weighted by Crippen LogP contribution is 2.22. The van der Waals surface area contributed by atoms with Gasteiger partial charge in [-0.3, -0.25) is 9.69 Å². The van der Waals surface area contributed by atoms with E-state index in [-0.39, 0.29) is 11.9 Å². The lowest BCUT2D eigenvalue weighted by Crippen LogP contribution is -2.61. The molecule has 0 bridgehead atoms. The van der Waals surface area contributed by atoms with E-state index in [4.69, 9.17) is 4.74 Å². The Bertz CT molecular complexity index is 296. The van der Waals surface area contributed by atoms with Gasteiger partial charge in [0.1, 0.15) is 6.04 Å². The van der Waals surface area contributed by atoms with Crippen LogP contribution in [0.2, 0.25) is 0 Å². The van der Waals surface area contributed by atoms with Crippen LogP contribution in [-0.2, 0) is 9.53 Å². The molecular formula is C13H25N3O2. The molecule has 104 valence electrons. The van der Waals surface area contributed by atoms with Crippen LogP contribution < -0.4 is 5.32 Å². The molecule has 0 spiro atoms. The van der Waals surface area contributed by atoms with Crippen molar-refractivity contribution in [3.63, 3.8) is 0 Å². The number of hydrogen-bond acceptors (Lipinski definition) is 4. The maximum atomic E-state index is 12.2. The fraction of sp³-hybridized carbons (Fsp3) is 0.923. The van der Waals surface area contributed by atoms with Crippen LogP contribution in [0.4, 0.5) is 0 Å². The van der Waals surface area contributed by atoms with Crippen LogP contribution in [-0.4, -0.2) is 74.2 Å². The van der Waals surface area contributed by atoms with Gasteiger partial charge in [-0.25, -0.2) is 0 Å². The van der Waals surface area contributed by atoms with Crippen molar-refractivity contribution in [2.45, 2.75) is 38.0 Å². The molecule has 0 aromatic rings. The molecule has 3 atom stereocenters. The highest BCUT2D eigenvalue weighted by atomic mass is 16.5. The summed E-state index contributed by atoms with van der Waals surface area (Å²) < 4.78 is 5.60. The molecule has 5 nitrogen and oxygen atoms in total. The predicted molar refractivity (Wildman–Crippen MR) is 70.5 cm³/mol. The Labute approximate surface area is 109 Å².